The van der Waals surface area contributed by atoms with Gasteiger partial charge in [0.15, 0.2) is 5.96 Å². The van der Waals surface area contributed by atoms with E-state index in [2.05, 4.69) is 31.4 Å². The Kier molecular flexibility index (Phi) is 10.6. The summed E-state index contributed by atoms with van der Waals surface area (Å²) in [6.07, 6.45) is 14.6. The normalized spacial score (nSPS) is 21.0. The lowest BCUT2D eigenvalue weighted by Crippen LogP contribution is -2.40. The highest BCUT2D eigenvalue weighted by atomic mass is 127. The summed E-state index contributed by atoms with van der Waals surface area (Å²) in [5.74, 6) is 1.79. The number of aryl methyl sites for hydroxylation is 1. The molecule has 1 N–H and O–H groups in total. The highest BCUT2D eigenvalue weighted by Gasteiger charge is 2.25. The standard InChI is InChI=1S/C21H38N6.HI/c1-22-21(23-10-5-3-6-11-26-12-7-4-8-13-26)27-14-9-19(18-27)15-20-16-24-25(2)17-20;/h16-17,19H,3-15,18H2,1-2H3,(H,22,23);1H. The van der Waals surface area contributed by atoms with Gasteiger partial charge in [-0.25, -0.2) is 0 Å². The fraction of sp³-hybridized carbons (Fsp3) is 0.810. The molecule has 2 aliphatic rings. The Bertz CT molecular complexity index is 581. The Morgan fingerprint density at radius 2 is 2.00 bits per heavy atom. The largest absolute Gasteiger partial charge is 0.356 e. The van der Waals surface area contributed by atoms with E-state index in [-0.39, 0.29) is 24.0 Å². The van der Waals surface area contributed by atoms with Crippen LogP contribution in [0.1, 0.15) is 50.5 Å². The van der Waals surface area contributed by atoms with Gasteiger partial charge in [-0.15, -0.1) is 24.0 Å². The van der Waals surface area contributed by atoms with Gasteiger partial charge in [-0.1, -0.05) is 12.8 Å². The van der Waals surface area contributed by atoms with Gasteiger partial charge in [-0.05, 0) is 69.6 Å². The van der Waals surface area contributed by atoms with Crippen molar-refractivity contribution in [2.45, 2.75) is 51.4 Å². The van der Waals surface area contributed by atoms with Crippen molar-refractivity contribution in [2.24, 2.45) is 18.0 Å². The monoisotopic (exact) mass is 502 g/mol. The van der Waals surface area contributed by atoms with Gasteiger partial charge < -0.3 is 15.1 Å². The minimum absolute atomic E-state index is 0. The molecule has 0 spiro atoms. The number of aromatic nitrogens is 2. The molecule has 1 aromatic rings. The summed E-state index contributed by atoms with van der Waals surface area (Å²) in [6, 6.07) is 0. The quantitative estimate of drug-likeness (QED) is 0.257. The second-order valence-electron chi connectivity index (χ2n) is 8.26. The molecule has 3 heterocycles. The van der Waals surface area contributed by atoms with Crippen LogP contribution in [0.2, 0.25) is 0 Å². The summed E-state index contributed by atoms with van der Waals surface area (Å²) in [7, 11) is 3.90. The number of piperidine rings is 1. The third-order valence-corrected chi connectivity index (χ3v) is 5.96. The zero-order valence-electron chi connectivity index (χ0n) is 17.8. The summed E-state index contributed by atoms with van der Waals surface area (Å²) < 4.78 is 1.90. The van der Waals surface area contributed by atoms with Gasteiger partial charge >= 0.3 is 0 Å². The number of nitrogens with zero attached hydrogens (tertiary/aromatic N) is 5. The predicted octanol–water partition coefficient (Wildman–Crippen LogP) is 3.13. The first-order valence-corrected chi connectivity index (χ1v) is 10.9. The Morgan fingerprint density at radius 1 is 1.18 bits per heavy atom. The second-order valence-corrected chi connectivity index (χ2v) is 8.26. The molecule has 6 nitrogen and oxygen atoms in total. The van der Waals surface area contributed by atoms with E-state index in [1.807, 2.05) is 25.0 Å². The third kappa shape index (κ3) is 7.54. The van der Waals surface area contributed by atoms with Crippen LogP contribution in [0.4, 0.5) is 0 Å². The third-order valence-electron chi connectivity index (χ3n) is 5.96. The number of rotatable bonds is 8. The second kappa shape index (κ2) is 12.7. The number of nitrogens with one attached hydrogen (secondary N) is 1. The summed E-state index contributed by atoms with van der Waals surface area (Å²) in [5, 5.41) is 7.87. The molecular formula is C21H39IN6. The maximum Gasteiger partial charge on any atom is 0.193 e. The van der Waals surface area contributed by atoms with E-state index < -0.39 is 0 Å². The molecule has 3 rings (SSSR count). The first kappa shape index (κ1) is 23.4. The average Bonchev–Trinajstić information content (AvgIpc) is 3.31. The van der Waals surface area contributed by atoms with Crippen molar-refractivity contribution in [3.05, 3.63) is 18.0 Å². The van der Waals surface area contributed by atoms with Crippen molar-refractivity contribution >= 4 is 29.9 Å². The molecule has 1 aromatic heterocycles. The van der Waals surface area contributed by atoms with E-state index >= 15 is 0 Å². The first-order valence-electron chi connectivity index (χ1n) is 10.9. The minimum Gasteiger partial charge on any atom is -0.356 e. The lowest BCUT2D eigenvalue weighted by Gasteiger charge is -2.26. The summed E-state index contributed by atoms with van der Waals surface area (Å²) >= 11 is 0. The van der Waals surface area contributed by atoms with E-state index in [0.29, 0.717) is 5.92 Å². The Hall–Kier alpha value is -0.830. The van der Waals surface area contributed by atoms with E-state index in [1.54, 1.807) is 0 Å². The van der Waals surface area contributed by atoms with Crippen molar-refractivity contribution in [1.29, 1.82) is 0 Å². The molecule has 0 saturated carbocycles. The number of hydrogen-bond donors (Lipinski definition) is 1. The van der Waals surface area contributed by atoms with Crippen molar-refractivity contribution in [3.63, 3.8) is 0 Å². The number of halogens is 1. The maximum absolute atomic E-state index is 4.51. The van der Waals surface area contributed by atoms with Crippen LogP contribution in [0.3, 0.4) is 0 Å². The van der Waals surface area contributed by atoms with Crippen LogP contribution in [-0.2, 0) is 13.5 Å². The molecule has 0 amide bonds. The number of unbranched alkanes of at least 4 members (excludes halogenated alkanes) is 2. The van der Waals surface area contributed by atoms with Crippen LogP contribution in [0.5, 0.6) is 0 Å². The number of aliphatic imine (C=N–C) groups is 1. The molecule has 0 aliphatic carbocycles. The number of guanidine groups is 1. The van der Waals surface area contributed by atoms with Gasteiger partial charge in [0, 0.05) is 39.9 Å². The molecule has 0 aromatic carbocycles. The van der Waals surface area contributed by atoms with Crippen molar-refractivity contribution in [3.8, 4) is 0 Å². The molecule has 2 saturated heterocycles. The molecule has 0 bridgehead atoms. The summed E-state index contributed by atoms with van der Waals surface area (Å²) in [5.41, 5.74) is 1.35. The maximum atomic E-state index is 4.51. The van der Waals surface area contributed by atoms with Gasteiger partial charge in [0.1, 0.15) is 0 Å². The predicted molar refractivity (Wildman–Crippen MR) is 128 cm³/mol. The molecule has 28 heavy (non-hydrogen) atoms. The van der Waals surface area contributed by atoms with Crippen molar-refractivity contribution in [2.75, 3.05) is 46.3 Å². The Balaban J connectivity index is 0.00000280. The molecule has 0 radical (unpaired) electrons. The fourth-order valence-electron chi connectivity index (χ4n) is 4.45. The average molecular weight is 502 g/mol. The first-order chi connectivity index (χ1) is 13.2. The minimum atomic E-state index is 0. The van der Waals surface area contributed by atoms with Gasteiger partial charge in [0.25, 0.3) is 0 Å². The highest BCUT2D eigenvalue weighted by molar-refractivity contribution is 14.0. The molecular weight excluding hydrogens is 463 g/mol. The SMILES string of the molecule is CN=C(NCCCCCN1CCCCC1)N1CCC(Cc2cnn(C)c2)C1.I. The van der Waals surface area contributed by atoms with E-state index in [9.17, 15) is 0 Å². The van der Waals surface area contributed by atoms with Crippen LogP contribution < -0.4 is 5.32 Å². The van der Waals surface area contributed by atoms with E-state index in [1.165, 1.54) is 70.1 Å². The number of likely N-dealkylation sites (tertiary alicyclic amines) is 2. The Morgan fingerprint density at radius 3 is 2.71 bits per heavy atom. The van der Waals surface area contributed by atoms with Gasteiger partial charge in [-0.3, -0.25) is 9.67 Å². The molecule has 2 fully saturated rings. The topological polar surface area (TPSA) is 48.7 Å². The highest BCUT2D eigenvalue weighted by Crippen LogP contribution is 2.20. The van der Waals surface area contributed by atoms with Crippen LogP contribution in [0.25, 0.3) is 0 Å². The van der Waals surface area contributed by atoms with Crippen molar-refractivity contribution in [1.82, 2.24) is 24.9 Å². The lowest BCUT2D eigenvalue weighted by molar-refractivity contribution is 0.224. The molecule has 1 unspecified atom stereocenters. The Labute approximate surface area is 188 Å². The van der Waals surface area contributed by atoms with Gasteiger partial charge in [0.2, 0.25) is 0 Å². The smallest absolute Gasteiger partial charge is 0.193 e. The van der Waals surface area contributed by atoms with E-state index in [0.717, 1.165) is 32.0 Å². The van der Waals surface area contributed by atoms with E-state index in [4.69, 9.17) is 0 Å². The zero-order chi connectivity index (χ0) is 18.9. The van der Waals surface area contributed by atoms with Crippen LogP contribution in [0, 0.1) is 5.92 Å². The fourth-order valence-corrected chi connectivity index (χ4v) is 4.45. The van der Waals surface area contributed by atoms with Crippen molar-refractivity contribution < 1.29 is 0 Å². The molecule has 160 valence electrons. The van der Waals surface area contributed by atoms with Crippen LogP contribution in [-0.4, -0.2) is 71.9 Å². The molecule has 2 aliphatic heterocycles. The van der Waals surface area contributed by atoms with Gasteiger partial charge in [0.05, 0.1) is 6.20 Å². The lowest BCUT2D eigenvalue weighted by atomic mass is 10.0. The number of hydrogen-bond acceptors (Lipinski definition) is 3. The molecule has 7 heteroatoms. The summed E-state index contributed by atoms with van der Waals surface area (Å²) in [6.45, 7) is 7.18. The van der Waals surface area contributed by atoms with Crippen LogP contribution in [0.15, 0.2) is 17.4 Å². The zero-order valence-corrected chi connectivity index (χ0v) is 20.1. The van der Waals surface area contributed by atoms with Crippen LogP contribution >= 0.6 is 24.0 Å². The molecule has 1 atom stereocenters. The van der Waals surface area contributed by atoms with Gasteiger partial charge in [-0.2, -0.15) is 5.10 Å². The summed E-state index contributed by atoms with van der Waals surface area (Å²) in [4.78, 5) is 9.58.